The number of rotatable bonds is 11. The number of hydrogen-bond acceptors (Lipinski definition) is 6. The van der Waals surface area contributed by atoms with Crippen molar-refractivity contribution in [2.45, 2.75) is 32.0 Å². The van der Waals surface area contributed by atoms with E-state index in [0.29, 0.717) is 36.0 Å². The molecule has 0 aromatic heterocycles. The van der Waals surface area contributed by atoms with Gasteiger partial charge in [-0.05, 0) is 44.2 Å². The second kappa shape index (κ2) is 12.5. The Hall–Kier alpha value is -3.01. The lowest BCUT2D eigenvalue weighted by atomic mass is 10.1. The average molecular weight is 554 g/mol. The van der Waals surface area contributed by atoms with Crippen LogP contribution in [0.4, 0.5) is 10.1 Å². The van der Waals surface area contributed by atoms with Crippen LogP contribution in [0.2, 0.25) is 10.0 Å². The lowest BCUT2D eigenvalue weighted by Crippen LogP contribution is -2.52. The smallest absolute Gasteiger partial charge is 0.267 e. The summed E-state index contributed by atoms with van der Waals surface area (Å²) in [6.45, 7) is 8.51. The minimum absolute atomic E-state index is 0.0314. The zero-order valence-electron chi connectivity index (χ0n) is 20.9. The SMILES string of the molecule is C=C(CCNC(=O)COc1ccc(Cl)c(F)c1)NC(=O)[C@@H]1CN(CC(C)(C)OC)c2cc(Cl)ccc2O1. The maximum atomic E-state index is 13.5. The van der Waals surface area contributed by atoms with Crippen LogP contribution in [0.5, 0.6) is 11.5 Å². The Morgan fingerprint density at radius 3 is 2.70 bits per heavy atom. The highest BCUT2D eigenvalue weighted by Gasteiger charge is 2.34. The number of fused-ring (bicyclic) bond motifs is 1. The number of nitrogens with zero attached hydrogens (tertiary/aromatic N) is 1. The summed E-state index contributed by atoms with van der Waals surface area (Å²) in [6, 6.07) is 9.14. The molecule has 2 amide bonds. The van der Waals surface area contributed by atoms with E-state index >= 15 is 0 Å². The van der Waals surface area contributed by atoms with Gasteiger partial charge in [0.2, 0.25) is 0 Å². The summed E-state index contributed by atoms with van der Waals surface area (Å²) in [6.07, 6.45) is -0.493. The molecule has 2 aromatic rings. The molecule has 8 nitrogen and oxygen atoms in total. The number of amides is 2. The molecule has 2 aromatic carbocycles. The summed E-state index contributed by atoms with van der Waals surface area (Å²) < 4.78 is 30.2. The molecule has 1 atom stereocenters. The molecule has 3 rings (SSSR count). The minimum Gasteiger partial charge on any atom is -0.484 e. The Bertz CT molecular complexity index is 1160. The van der Waals surface area contributed by atoms with Crippen molar-refractivity contribution in [3.63, 3.8) is 0 Å². The van der Waals surface area contributed by atoms with E-state index in [9.17, 15) is 14.0 Å². The number of nitrogens with one attached hydrogen (secondary N) is 2. The fourth-order valence-corrected chi connectivity index (χ4v) is 3.86. The monoisotopic (exact) mass is 553 g/mol. The second-order valence-corrected chi connectivity index (χ2v) is 9.96. The van der Waals surface area contributed by atoms with Crippen LogP contribution in [0.15, 0.2) is 48.7 Å². The standard InChI is InChI=1S/C26H30Cl2FN3O5/c1-16(9-10-30-24(33)14-36-18-6-7-19(28)20(29)12-18)31-25(34)23-13-32(15-26(2,3)35-4)21-11-17(27)5-8-22(21)37-23/h5-8,11-12,23H,1,9-10,13-15H2,2-4H3,(H,30,33)(H,31,34)/t23-/m0/s1. The van der Waals surface area contributed by atoms with Gasteiger partial charge in [-0.2, -0.15) is 0 Å². The van der Waals surface area contributed by atoms with Crippen molar-refractivity contribution in [1.82, 2.24) is 10.6 Å². The molecule has 1 heterocycles. The van der Waals surface area contributed by atoms with Crippen molar-refractivity contribution >= 4 is 40.7 Å². The third-order valence-corrected chi connectivity index (χ3v) is 6.19. The number of carbonyl (C=O) groups is 2. The Labute approximate surface area is 225 Å². The van der Waals surface area contributed by atoms with Crippen LogP contribution in [-0.2, 0) is 14.3 Å². The van der Waals surface area contributed by atoms with Gasteiger partial charge in [-0.3, -0.25) is 9.59 Å². The lowest BCUT2D eigenvalue weighted by molar-refractivity contribution is -0.127. The topological polar surface area (TPSA) is 89.1 Å². The number of hydrogen-bond donors (Lipinski definition) is 2. The van der Waals surface area contributed by atoms with Gasteiger partial charge in [-0.25, -0.2) is 4.39 Å². The average Bonchev–Trinajstić information content (AvgIpc) is 2.84. The number of anilines is 1. The highest BCUT2D eigenvalue weighted by molar-refractivity contribution is 6.31. The van der Waals surface area contributed by atoms with Crippen LogP contribution in [0.3, 0.4) is 0 Å². The molecule has 37 heavy (non-hydrogen) atoms. The molecular formula is C26H30Cl2FN3O5. The molecule has 0 aliphatic carbocycles. The third-order valence-electron chi connectivity index (χ3n) is 5.64. The highest BCUT2D eigenvalue weighted by atomic mass is 35.5. The molecule has 2 N–H and O–H groups in total. The highest BCUT2D eigenvalue weighted by Crippen LogP contribution is 2.36. The first-order valence-corrected chi connectivity index (χ1v) is 12.3. The van der Waals surface area contributed by atoms with Gasteiger partial charge >= 0.3 is 0 Å². The van der Waals surface area contributed by atoms with Crippen molar-refractivity contribution in [3.8, 4) is 11.5 Å². The Morgan fingerprint density at radius 1 is 1.24 bits per heavy atom. The minimum atomic E-state index is -0.791. The first kappa shape index (κ1) is 28.6. The summed E-state index contributed by atoms with van der Waals surface area (Å²) >= 11 is 11.8. The molecule has 0 bridgehead atoms. The van der Waals surface area contributed by atoms with Gasteiger partial charge in [0.15, 0.2) is 12.7 Å². The second-order valence-electron chi connectivity index (χ2n) is 9.12. The van der Waals surface area contributed by atoms with Crippen LogP contribution >= 0.6 is 23.2 Å². The normalized spacial score (nSPS) is 14.9. The van der Waals surface area contributed by atoms with Crippen LogP contribution < -0.4 is 25.0 Å². The van der Waals surface area contributed by atoms with Gasteiger partial charge < -0.3 is 29.7 Å². The molecule has 1 aliphatic heterocycles. The van der Waals surface area contributed by atoms with Gasteiger partial charge in [0.1, 0.15) is 17.3 Å². The first-order valence-electron chi connectivity index (χ1n) is 11.6. The third kappa shape index (κ3) is 8.24. The Morgan fingerprint density at radius 2 is 2.00 bits per heavy atom. The first-order chi connectivity index (χ1) is 17.5. The molecule has 0 unspecified atom stereocenters. The quantitative estimate of drug-likeness (QED) is 0.430. The zero-order valence-corrected chi connectivity index (χ0v) is 22.4. The molecule has 0 spiro atoms. The van der Waals surface area contributed by atoms with E-state index in [1.807, 2.05) is 18.7 Å². The molecule has 0 saturated carbocycles. The molecular weight excluding hydrogens is 524 g/mol. The molecule has 0 radical (unpaired) electrons. The predicted molar refractivity (Wildman–Crippen MR) is 141 cm³/mol. The van der Waals surface area contributed by atoms with E-state index in [4.69, 9.17) is 37.4 Å². The fourth-order valence-electron chi connectivity index (χ4n) is 3.57. The predicted octanol–water partition coefficient (Wildman–Crippen LogP) is 4.34. The van der Waals surface area contributed by atoms with E-state index in [-0.39, 0.29) is 29.8 Å². The van der Waals surface area contributed by atoms with Crippen molar-refractivity contribution in [1.29, 1.82) is 0 Å². The van der Waals surface area contributed by atoms with Gasteiger partial charge in [-0.15, -0.1) is 0 Å². The largest absolute Gasteiger partial charge is 0.484 e. The molecule has 0 fully saturated rings. The maximum Gasteiger partial charge on any atom is 0.267 e. The number of methoxy groups -OCH3 is 1. The van der Waals surface area contributed by atoms with E-state index in [2.05, 4.69) is 17.2 Å². The molecule has 200 valence electrons. The summed E-state index contributed by atoms with van der Waals surface area (Å²) in [5, 5.41) is 5.94. The van der Waals surface area contributed by atoms with Crippen LogP contribution in [0.1, 0.15) is 20.3 Å². The van der Waals surface area contributed by atoms with Crippen molar-refractivity contribution in [2.75, 3.05) is 38.3 Å². The van der Waals surface area contributed by atoms with Crippen molar-refractivity contribution < 1.29 is 28.2 Å². The number of halogens is 3. The maximum absolute atomic E-state index is 13.5. The summed E-state index contributed by atoms with van der Waals surface area (Å²) in [7, 11) is 1.63. The van der Waals surface area contributed by atoms with Gasteiger partial charge in [0.25, 0.3) is 11.8 Å². The zero-order chi connectivity index (χ0) is 27.2. The number of carbonyl (C=O) groups excluding carboxylic acids is 2. The summed E-state index contributed by atoms with van der Waals surface area (Å²) in [4.78, 5) is 27.0. The molecule has 11 heteroatoms. The van der Waals surface area contributed by atoms with Crippen molar-refractivity contribution in [2.24, 2.45) is 0 Å². The van der Waals surface area contributed by atoms with Crippen LogP contribution in [0, 0.1) is 5.82 Å². The Kier molecular flexibility index (Phi) is 9.64. The van der Waals surface area contributed by atoms with Crippen LogP contribution in [0.25, 0.3) is 0 Å². The molecule has 1 aliphatic rings. The number of benzene rings is 2. The van der Waals surface area contributed by atoms with E-state index in [1.54, 1.807) is 25.3 Å². The van der Waals surface area contributed by atoms with Gasteiger partial charge in [0, 0.05) is 43.4 Å². The number of ether oxygens (including phenoxy) is 3. The van der Waals surface area contributed by atoms with E-state index < -0.39 is 23.4 Å². The summed E-state index contributed by atoms with van der Waals surface area (Å²) in [5.74, 6) is -0.664. The molecule has 0 saturated heterocycles. The Balaban J connectivity index is 1.48. The fraction of sp³-hybridized carbons (Fsp3) is 0.385. The van der Waals surface area contributed by atoms with Gasteiger partial charge in [0.05, 0.1) is 22.9 Å². The van der Waals surface area contributed by atoms with E-state index in [1.165, 1.54) is 12.1 Å². The van der Waals surface area contributed by atoms with Crippen molar-refractivity contribution in [3.05, 3.63) is 64.5 Å². The van der Waals surface area contributed by atoms with Gasteiger partial charge in [-0.1, -0.05) is 29.8 Å². The lowest BCUT2D eigenvalue weighted by Gasteiger charge is -2.39. The summed E-state index contributed by atoms with van der Waals surface area (Å²) in [5.41, 5.74) is 0.734. The van der Waals surface area contributed by atoms with E-state index in [0.717, 1.165) is 11.8 Å². The van der Waals surface area contributed by atoms with Crippen LogP contribution in [-0.4, -0.2) is 56.9 Å².